The van der Waals surface area contributed by atoms with Gasteiger partial charge in [-0.1, -0.05) is 12.1 Å². The summed E-state index contributed by atoms with van der Waals surface area (Å²) in [7, 11) is 0.122. The van der Waals surface area contributed by atoms with Crippen molar-refractivity contribution in [1.82, 2.24) is 4.98 Å². The summed E-state index contributed by atoms with van der Waals surface area (Å²) in [6, 6.07) is 14.7. The zero-order valence-electron chi connectivity index (χ0n) is 8.38. The molecule has 0 aliphatic carbocycles. The zero-order chi connectivity index (χ0) is 10.5. The van der Waals surface area contributed by atoms with Crippen LogP contribution in [0.25, 0.3) is 11.3 Å². The first-order chi connectivity index (χ1) is 7.40. The summed E-state index contributed by atoms with van der Waals surface area (Å²) in [5.74, 6) is 0. The van der Waals surface area contributed by atoms with E-state index in [-0.39, 0.29) is 28.6 Å². The van der Waals surface area contributed by atoms with E-state index < -0.39 is 0 Å². The van der Waals surface area contributed by atoms with Gasteiger partial charge in [0, 0.05) is 32.5 Å². The number of rotatable bonds is 3. The van der Waals surface area contributed by atoms with Crippen molar-refractivity contribution in [3.8, 4) is 11.3 Å². The molecule has 0 N–H and O–H groups in total. The third-order valence-electron chi connectivity index (χ3n) is 2.03. The molecule has 0 bridgehead atoms. The van der Waals surface area contributed by atoms with Gasteiger partial charge in [0.25, 0.3) is 0 Å². The third kappa shape index (κ3) is 3.31. The van der Waals surface area contributed by atoms with Gasteiger partial charge in [0.15, 0.2) is 8.46 Å². The quantitative estimate of drug-likeness (QED) is 0.578. The molecule has 83 valence electrons. The summed E-state index contributed by atoms with van der Waals surface area (Å²) >= 11 is 0. The van der Waals surface area contributed by atoms with Gasteiger partial charge in [-0.2, -0.15) is 0 Å². The SMILES string of the molecule is O=PCc1[c-]c(-c2ccccn2)ccc1.[Ir]. The topological polar surface area (TPSA) is 30.0 Å². The predicted molar refractivity (Wildman–Crippen MR) is 59.8 cm³/mol. The van der Waals surface area contributed by atoms with Crippen molar-refractivity contribution in [2.45, 2.75) is 6.16 Å². The molecule has 2 aromatic rings. The number of pyridine rings is 1. The van der Waals surface area contributed by atoms with Gasteiger partial charge in [-0.3, -0.25) is 4.57 Å². The minimum absolute atomic E-state index is 0. The molecule has 0 atom stereocenters. The number of aromatic nitrogens is 1. The molecule has 2 nitrogen and oxygen atoms in total. The summed E-state index contributed by atoms with van der Waals surface area (Å²) < 4.78 is 10.5. The standard InChI is InChI=1S/C12H9NOP.Ir/c14-15-9-10-4-3-5-11(8-10)12-6-1-2-7-13-12;/h1-7H,9H2;/q-1;. The van der Waals surface area contributed by atoms with Crippen LogP contribution >= 0.6 is 8.46 Å². The molecular formula is C12H9IrNOP-. The fraction of sp³-hybridized carbons (Fsp3) is 0.0833. The van der Waals surface area contributed by atoms with Crippen molar-refractivity contribution < 1.29 is 24.7 Å². The van der Waals surface area contributed by atoms with E-state index in [1.54, 1.807) is 6.20 Å². The zero-order valence-corrected chi connectivity index (χ0v) is 11.7. The molecule has 0 saturated carbocycles. The number of nitrogens with zero attached hydrogens (tertiary/aromatic N) is 1. The van der Waals surface area contributed by atoms with E-state index in [4.69, 9.17) is 0 Å². The molecular weight excluding hydrogens is 397 g/mol. The van der Waals surface area contributed by atoms with E-state index in [0.29, 0.717) is 6.16 Å². The Balaban J connectivity index is 0.00000128. The van der Waals surface area contributed by atoms with Crippen LogP contribution in [0.1, 0.15) is 5.56 Å². The molecule has 0 saturated heterocycles. The van der Waals surface area contributed by atoms with Gasteiger partial charge in [0.1, 0.15) is 0 Å². The van der Waals surface area contributed by atoms with Crippen molar-refractivity contribution >= 4 is 8.46 Å². The van der Waals surface area contributed by atoms with Gasteiger partial charge in [-0.05, 0) is 11.8 Å². The first-order valence-corrected chi connectivity index (χ1v) is 5.61. The van der Waals surface area contributed by atoms with E-state index in [1.165, 1.54) is 0 Å². The molecule has 0 unspecified atom stereocenters. The molecule has 0 aliphatic rings. The average molecular weight is 406 g/mol. The van der Waals surface area contributed by atoms with E-state index in [9.17, 15) is 4.57 Å². The molecule has 0 amide bonds. The molecule has 1 heterocycles. The van der Waals surface area contributed by atoms with Crippen LogP contribution in [-0.4, -0.2) is 4.98 Å². The monoisotopic (exact) mass is 407 g/mol. The summed E-state index contributed by atoms with van der Waals surface area (Å²) in [5, 5.41) is 0. The fourth-order valence-electron chi connectivity index (χ4n) is 1.35. The average Bonchev–Trinajstić information content (AvgIpc) is 2.31. The summed E-state index contributed by atoms with van der Waals surface area (Å²) in [6.07, 6.45) is 2.25. The van der Waals surface area contributed by atoms with Crippen LogP contribution < -0.4 is 0 Å². The van der Waals surface area contributed by atoms with Gasteiger partial charge in [0.2, 0.25) is 0 Å². The Kier molecular flexibility index (Phi) is 5.48. The van der Waals surface area contributed by atoms with Crippen LogP contribution in [0.2, 0.25) is 0 Å². The summed E-state index contributed by atoms with van der Waals surface area (Å²) in [5.41, 5.74) is 2.77. The second-order valence-electron chi connectivity index (χ2n) is 3.09. The van der Waals surface area contributed by atoms with E-state index in [2.05, 4.69) is 11.1 Å². The van der Waals surface area contributed by atoms with Crippen molar-refractivity contribution in [2.24, 2.45) is 0 Å². The van der Waals surface area contributed by atoms with Crippen LogP contribution in [0.5, 0.6) is 0 Å². The summed E-state index contributed by atoms with van der Waals surface area (Å²) in [4.78, 5) is 4.24. The molecule has 2 rings (SSSR count). The molecule has 0 aliphatic heterocycles. The normalized spacial score (nSPS) is 9.75. The van der Waals surface area contributed by atoms with Crippen LogP contribution in [0.3, 0.4) is 0 Å². The minimum Gasteiger partial charge on any atom is -0.305 e. The van der Waals surface area contributed by atoms with Crippen molar-refractivity contribution in [3.05, 3.63) is 54.2 Å². The predicted octanol–water partition coefficient (Wildman–Crippen LogP) is 3.34. The number of hydrogen-bond acceptors (Lipinski definition) is 2. The Hall–Kier alpha value is -0.881. The fourth-order valence-corrected chi connectivity index (χ4v) is 1.67. The maximum Gasteiger partial charge on any atom is 0.158 e. The summed E-state index contributed by atoms with van der Waals surface area (Å²) in [6.45, 7) is 0. The van der Waals surface area contributed by atoms with Crippen LogP contribution in [0.4, 0.5) is 0 Å². The molecule has 1 radical (unpaired) electrons. The maximum absolute atomic E-state index is 10.5. The Morgan fingerprint density at radius 1 is 1.19 bits per heavy atom. The second-order valence-corrected chi connectivity index (χ2v) is 3.67. The number of hydrogen-bond donors (Lipinski definition) is 0. The Morgan fingerprint density at radius 3 is 2.75 bits per heavy atom. The van der Waals surface area contributed by atoms with Crippen LogP contribution in [0.15, 0.2) is 42.6 Å². The van der Waals surface area contributed by atoms with Crippen LogP contribution in [0, 0.1) is 6.07 Å². The Bertz CT molecular complexity index is 462. The van der Waals surface area contributed by atoms with Gasteiger partial charge in [0.05, 0.1) is 0 Å². The number of benzene rings is 1. The maximum atomic E-state index is 10.5. The molecule has 0 fully saturated rings. The van der Waals surface area contributed by atoms with Gasteiger partial charge >= 0.3 is 0 Å². The third-order valence-corrected chi connectivity index (χ3v) is 2.50. The molecule has 1 aromatic carbocycles. The van der Waals surface area contributed by atoms with E-state index in [0.717, 1.165) is 16.8 Å². The molecule has 4 heteroatoms. The largest absolute Gasteiger partial charge is 0.305 e. The van der Waals surface area contributed by atoms with Crippen molar-refractivity contribution in [2.75, 3.05) is 0 Å². The van der Waals surface area contributed by atoms with Crippen molar-refractivity contribution in [1.29, 1.82) is 0 Å². The van der Waals surface area contributed by atoms with Crippen molar-refractivity contribution in [3.63, 3.8) is 0 Å². The minimum atomic E-state index is 0. The Morgan fingerprint density at radius 2 is 2.06 bits per heavy atom. The van der Waals surface area contributed by atoms with E-state index in [1.807, 2.05) is 36.4 Å². The van der Waals surface area contributed by atoms with Gasteiger partial charge in [-0.15, -0.1) is 35.4 Å². The smallest absolute Gasteiger partial charge is 0.158 e. The molecule has 0 spiro atoms. The molecule has 16 heavy (non-hydrogen) atoms. The van der Waals surface area contributed by atoms with E-state index >= 15 is 0 Å². The molecule has 1 aromatic heterocycles. The van der Waals surface area contributed by atoms with Crippen LogP contribution in [-0.2, 0) is 30.8 Å². The first kappa shape index (κ1) is 13.2. The Labute approximate surface area is 110 Å². The second kappa shape index (κ2) is 6.65. The van der Waals surface area contributed by atoms with Gasteiger partial charge < -0.3 is 4.98 Å². The first-order valence-electron chi connectivity index (χ1n) is 4.62. The van der Waals surface area contributed by atoms with Gasteiger partial charge in [-0.25, -0.2) is 0 Å².